The largest absolute Gasteiger partial charge is 0.352 e. The van der Waals surface area contributed by atoms with Gasteiger partial charge in [-0.2, -0.15) is 4.31 Å². The van der Waals surface area contributed by atoms with E-state index in [-0.39, 0.29) is 6.04 Å². The predicted molar refractivity (Wildman–Crippen MR) is 72.1 cm³/mol. The van der Waals surface area contributed by atoms with Crippen LogP contribution in [0.4, 0.5) is 0 Å². The van der Waals surface area contributed by atoms with Crippen LogP contribution in [-0.4, -0.2) is 29.9 Å². The van der Waals surface area contributed by atoms with Crippen molar-refractivity contribution in [2.24, 2.45) is 13.0 Å². The standard InChI is InChI=1S/C12H19ClN2O2S/c1-9-4-10(2)15(7-9)18(16,17)12-5-11(6-13)14(3)8-12/h5,8-10H,4,6-7H2,1-3H3. The molecule has 2 rings (SSSR count). The second-order valence-electron chi connectivity index (χ2n) is 5.18. The summed E-state index contributed by atoms with van der Waals surface area (Å²) in [5.74, 6) is 0.740. The third-order valence-corrected chi connectivity index (χ3v) is 5.77. The Kier molecular flexibility index (Phi) is 3.76. The van der Waals surface area contributed by atoms with Gasteiger partial charge >= 0.3 is 0 Å². The number of halogens is 1. The second-order valence-corrected chi connectivity index (χ2v) is 7.33. The fraction of sp³-hybridized carbons (Fsp3) is 0.667. The number of nitrogens with zero attached hydrogens (tertiary/aromatic N) is 2. The van der Waals surface area contributed by atoms with Gasteiger partial charge in [0.05, 0.1) is 5.88 Å². The van der Waals surface area contributed by atoms with Crippen molar-refractivity contribution in [1.82, 2.24) is 8.87 Å². The second kappa shape index (κ2) is 4.87. The van der Waals surface area contributed by atoms with E-state index in [1.54, 1.807) is 21.1 Å². The molecule has 0 aromatic carbocycles. The Morgan fingerprint density at radius 2 is 2.11 bits per heavy atom. The maximum absolute atomic E-state index is 12.5. The van der Waals surface area contributed by atoms with E-state index in [9.17, 15) is 8.42 Å². The average molecular weight is 291 g/mol. The van der Waals surface area contributed by atoms with E-state index in [2.05, 4.69) is 6.92 Å². The molecule has 1 saturated heterocycles. The van der Waals surface area contributed by atoms with Gasteiger partial charge in [0.15, 0.2) is 0 Å². The van der Waals surface area contributed by atoms with Gasteiger partial charge in [0.1, 0.15) is 4.90 Å². The summed E-state index contributed by atoms with van der Waals surface area (Å²) in [6, 6.07) is 1.74. The maximum atomic E-state index is 12.5. The first-order chi connectivity index (χ1) is 8.36. The van der Waals surface area contributed by atoms with Crippen LogP contribution in [-0.2, 0) is 23.0 Å². The van der Waals surface area contributed by atoms with Gasteiger partial charge in [0, 0.05) is 31.5 Å². The van der Waals surface area contributed by atoms with Crippen molar-refractivity contribution in [3.63, 3.8) is 0 Å². The van der Waals surface area contributed by atoms with Crippen LogP contribution >= 0.6 is 11.6 Å². The number of hydrogen-bond donors (Lipinski definition) is 0. The third kappa shape index (κ3) is 2.31. The van der Waals surface area contributed by atoms with Crippen LogP contribution in [0.5, 0.6) is 0 Å². The SMILES string of the molecule is CC1CC(C)N(S(=O)(=O)c2cc(CCl)n(C)c2)C1. The maximum Gasteiger partial charge on any atom is 0.244 e. The summed E-state index contributed by atoms with van der Waals surface area (Å²) in [5.41, 5.74) is 0.815. The molecule has 2 unspecified atom stereocenters. The molecule has 0 N–H and O–H groups in total. The van der Waals surface area contributed by atoms with Gasteiger partial charge in [-0.3, -0.25) is 0 Å². The molecule has 0 aliphatic carbocycles. The Morgan fingerprint density at radius 3 is 2.56 bits per heavy atom. The minimum Gasteiger partial charge on any atom is -0.352 e. The number of rotatable bonds is 3. The van der Waals surface area contributed by atoms with Crippen LogP contribution in [0.1, 0.15) is 26.0 Å². The van der Waals surface area contributed by atoms with Gasteiger partial charge in [-0.1, -0.05) is 6.92 Å². The van der Waals surface area contributed by atoms with Crippen molar-refractivity contribution in [1.29, 1.82) is 0 Å². The molecule has 102 valence electrons. The van der Waals surface area contributed by atoms with Crippen molar-refractivity contribution in [3.05, 3.63) is 18.0 Å². The molecule has 0 spiro atoms. The van der Waals surface area contributed by atoms with Crippen molar-refractivity contribution < 1.29 is 8.42 Å². The molecule has 0 radical (unpaired) electrons. The van der Waals surface area contributed by atoms with Crippen molar-refractivity contribution >= 4 is 21.6 Å². The Labute approximate surface area is 114 Å². The number of hydrogen-bond acceptors (Lipinski definition) is 2. The van der Waals surface area contributed by atoms with Crippen LogP contribution in [0.2, 0.25) is 0 Å². The van der Waals surface area contributed by atoms with E-state index < -0.39 is 10.0 Å². The van der Waals surface area contributed by atoms with Gasteiger partial charge < -0.3 is 4.57 Å². The zero-order valence-corrected chi connectivity index (χ0v) is 12.5. The fourth-order valence-corrected chi connectivity index (χ4v) is 4.71. The molecule has 1 aromatic rings. The number of aromatic nitrogens is 1. The summed E-state index contributed by atoms with van der Waals surface area (Å²) in [5, 5.41) is 0. The minimum absolute atomic E-state index is 0.0738. The first-order valence-electron chi connectivity index (χ1n) is 6.09. The Bertz CT molecular complexity index is 538. The first kappa shape index (κ1) is 13.9. The lowest BCUT2D eigenvalue weighted by Crippen LogP contribution is -2.33. The molecule has 1 fully saturated rings. The van der Waals surface area contributed by atoms with Crippen LogP contribution in [0.3, 0.4) is 0 Å². The van der Waals surface area contributed by atoms with E-state index in [1.165, 1.54) is 0 Å². The van der Waals surface area contributed by atoms with Gasteiger partial charge in [0.25, 0.3) is 0 Å². The zero-order chi connectivity index (χ0) is 13.5. The summed E-state index contributed by atoms with van der Waals surface area (Å²) in [7, 11) is -1.57. The van der Waals surface area contributed by atoms with Crippen LogP contribution in [0.15, 0.2) is 17.2 Å². The van der Waals surface area contributed by atoms with Crippen molar-refractivity contribution in [3.8, 4) is 0 Å². The molecule has 6 heteroatoms. The summed E-state index contributed by atoms with van der Waals surface area (Å²) >= 11 is 5.78. The molecule has 1 aromatic heterocycles. The zero-order valence-electron chi connectivity index (χ0n) is 10.9. The predicted octanol–water partition coefficient (Wildman–Crippen LogP) is 2.18. The smallest absolute Gasteiger partial charge is 0.244 e. The normalized spacial score (nSPS) is 25.8. The van der Waals surface area contributed by atoms with E-state index in [1.807, 2.05) is 14.0 Å². The molecule has 0 saturated carbocycles. The molecule has 4 nitrogen and oxygen atoms in total. The first-order valence-corrected chi connectivity index (χ1v) is 8.06. The molecule has 1 aliphatic heterocycles. The van der Waals surface area contributed by atoms with E-state index in [0.29, 0.717) is 23.2 Å². The molecular formula is C12H19ClN2O2S. The van der Waals surface area contributed by atoms with E-state index in [0.717, 1.165) is 12.1 Å². The van der Waals surface area contributed by atoms with E-state index in [4.69, 9.17) is 11.6 Å². The number of aryl methyl sites for hydroxylation is 1. The van der Waals surface area contributed by atoms with Crippen LogP contribution in [0, 0.1) is 5.92 Å². The molecule has 18 heavy (non-hydrogen) atoms. The van der Waals surface area contributed by atoms with Crippen LogP contribution in [0.25, 0.3) is 0 Å². The summed E-state index contributed by atoms with van der Waals surface area (Å²) in [6.07, 6.45) is 2.57. The van der Waals surface area contributed by atoms with Gasteiger partial charge in [-0.25, -0.2) is 8.42 Å². The highest BCUT2D eigenvalue weighted by Crippen LogP contribution is 2.29. The Balaban J connectivity index is 2.36. The Morgan fingerprint density at radius 1 is 1.44 bits per heavy atom. The molecule has 2 heterocycles. The highest BCUT2D eigenvalue weighted by atomic mass is 35.5. The molecule has 1 aliphatic rings. The quantitative estimate of drug-likeness (QED) is 0.801. The van der Waals surface area contributed by atoms with Crippen molar-refractivity contribution in [2.45, 2.75) is 37.1 Å². The molecule has 0 amide bonds. The summed E-state index contributed by atoms with van der Waals surface area (Å²) < 4.78 is 28.5. The minimum atomic E-state index is -3.38. The molecule has 2 atom stereocenters. The summed E-state index contributed by atoms with van der Waals surface area (Å²) in [6.45, 7) is 4.66. The average Bonchev–Trinajstić information content (AvgIpc) is 2.82. The van der Waals surface area contributed by atoms with Crippen LogP contribution < -0.4 is 0 Å². The molecular weight excluding hydrogens is 272 g/mol. The van der Waals surface area contributed by atoms with E-state index >= 15 is 0 Å². The third-order valence-electron chi connectivity index (χ3n) is 3.55. The summed E-state index contributed by atoms with van der Waals surface area (Å²) in [4.78, 5) is 0.349. The fourth-order valence-electron chi connectivity index (χ4n) is 2.58. The lowest BCUT2D eigenvalue weighted by Gasteiger charge is -2.20. The molecule has 0 bridgehead atoms. The van der Waals surface area contributed by atoms with Crippen molar-refractivity contribution in [2.75, 3.05) is 6.54 Å². The van der Waals surface area contributed by atoms with Gasteiger partial charge in [-0.15, -0.1) is 11.6 Å². The lowest BCUT2D eigenvalue weighted by atomic mass is 10.1. The number of sulfonamides is 1. The highest BCUT2D eigenvalue weighted by molar-refractivity contribution is 7.89. The van der Waals surface area contributed by atoms with Gasteiger partial charge in [-0.05, 0) is 25.3 Å². The Hall–Kier alpha value is -0.520. The van der Waals surface area contributed by atoms with Gasteiger partial charge in [0.2, 0.25) is 10.0 Å². The highest BCUT2D eigenvalue weighted by Gasteiger charge is 2.36. The lowest BCUT2D eigenvalue weighted by molar-refractivity contribution is 0.405. The monoisotopic (exact) mass is 290 g/mol. The topological polar surface area (TPSA) is 42.3 Å². The number of alkyl halides is 1.